The van der Waals surface area contributed by atoms with Gasteiger partial charge in [0.25, 0.3) is 0 Å². The van der Waals surface area contributed by atoms with Crippen LogP contribution in [0.3, 0.4) is 0 Å². The lowest BCUT2D eigenvalue weighted by atomic mass is 9.48. The van der Waals surface area contributed by atoms with Crippen molar-refractivity contribution in [3.05, 3.63) is 11.6 Å². The first-order valence-corrected chi connectivity index (χ1v) is 5.22. The predicted molar refractivity (Wildman–Crippen MR) is 53.8 cm³/mol. The summed E-state index contributed by atoms with van der Waals surface area (Å²) >= 11 is 0. The van der Waals surface area contributed by atoms with Crippen molar-refractivity contribution < 1.29 is 9.59 Å². The van der Waals surface area contributed by atoms with Gasteiger partial charge in [0, 0.05) is 6.42 Å². The molecule has 76 valence electrons. The molecule has 0 aromatic carbocycles. The second-order valence-corrected chi connectivity index (χ2v) is 5.08. The van der Waals surface area contributed by atoms with Gasteiger partial charge in [0.05, 0.1) is 0 Å². The highest BCUT2D eigenvalue weighted by Gasteiger charge is 2.51. The molecule has 0 spiro atoms. The van der Waals surface area contributed by atoms with Gasteiger partial charge in [-0.15, -0.1) is 0 Å². The zero-order valence-corrected chi connectivity index (χ0v) is 8.75. The molecule has 2 nitrogen and oxygen atoms in total. The highest BCUT2D eigenvalue weighted by molar-refractivity contribution is 6.25. The molecule has 0 radical (unpaired) electrons. The first-order valence-electron chi connectivity index (χ1n) is 5.22. The Labute approximate surface area is 84.4 Å². The molecule has 0 saturated heterocycles. The molecule has 0 aromatic heterocycles. The normalized spacial score (nSPS) is 32.9. The van der Waals surface area contributed by atoms with Crippen molar-refractivity contribution >= 4 is 12.1 Å². The molecule has 3 aliphatic carbocycles. The molecule has 2 heteroatoms. The number of aldehydes is 1. The third-order valence-electron chi connectivity index (χ3n) is 4.09. The molecule has 14 heavy (non-hydrogen) atoms. The minimum atomic E-state index is -0.280. The lowest BCUT2D eigenvalue weighted by Gasteiger charge is -2.56. The SMILES string of the molecule is CC1(C)C2CC=C(CC(=O)C=O)C1C2. The van der Waals surface area contributed by atoms with Crippen LogP contribution in [0.4, 0.5) is 0 Å². The minimum absolute atomic E-state index is 0.280. The molecule has 0 aliphatic heterocycles. The maximum atomic E-state index is 11.0. The Bertz CT molecular complexity index is 312. The fourth-order valence-electron chi connectivity index (χ4n) is 2.92. The van der Waals surface area contributed by atoms with Crippen LogP contribution in [0.2, 0.25) is 0 Å². The summed E-state index contributed by atoms with van der Waals surface area (Å²) in [5.74, 6) is 1.06. The van der Waals surface area contributed by atoms with Gasteiger partial charge >= 0.3 is 0 Å². The fourth-order valence-corrected chi connectivity index (χ4v) is 2.92. The number of carbonyl (C=O) groups excluding carboxylic acids is 2. The van der Waals surface area contributed by atoms with Crippen molar-refractivity contribution in [3.8, 4) is 0 Å². The Kier molecular flexibility index (Phi) is 2.09. The number of Topliss-reactive ketones (excluding diaryl/α,β-unsaturated/α-hetero) is 1. The predicted octanol–water partition coefficient (Wildman–Crippen LogP) is 2.14. The van der Waals surface area contributed by atoms with E-state index in [2.05, 4.69) is 19.9 Å². The Hall–Kier alpha value is -0.920. The van der Waals surface area contributed by atoms with E-state index < -0.39 is 0 Å². The van der Waals surface area contributed by atoms with E-state index in [1.807, 2.05) is 0 Å². The summed E-state index contributed by atoms with van der Waals surface area (Å²) in [5.41, 5.74) is 1.56. The highest BCUT2D eigenvalue weighted by Crippen LogP contribution is 2.59. The molecule has 2 bridgehead atoms. The first kappa shape index (κ1) is 9.63. The quantitative estimate of drug-likeness (QED) is 0.390. The van der Waals surface area contributed by atoms with Gasteiger partial charge in [-0.2, -0.15) is 0 Å². The fraction of sp³-hybridized carbons (Fsp3) is 0.667. The second kappa shape index (κ2) is 3.04. The second-order valence-electron chi connectivity index (χ2n) is 5.08. The number of fused-ring (bicyclic) bond motifs is 1. The van der Waals surface area contributed by atoms with Crippen LogP contribution in [0, 0.1) is 17.3 Å². The largest absolute Gasteiger partial charge is 0.295 e. The Morgan fingerprint density at radius 3 is 2.86 bits per heavy atom. The highest BCUT2D eigenvalue weighted by atomic mass is 16.2. The monoisotopic (exact) mass is 192 g/mol. The van der Waals surface area contributed by atoms with E-state index in [4.69, 9.17) is 0 Å². The van der Waals surface area contributed by atoms with Crippen LogP contribution < -0.4 is 0 Å². The number of allylic oxidation sites excluding steroid dienone is 2. The van der Waals surface area contributed by atoms with Crippen molar-refractivity contribution in [1.82, 2.24) is 0 Å². The van der Waals surface area contributed by atoms with Gasteiger partial charge < -0.3 is 0 Å². The minimum Gasteiger partial charge on any atom is -0.295 e. The van der Waals surface area contributed by atoms with Gasteiger partial charge in [0.1, 0.15) is 0 Å². The van der Waals surface area contributed by atoms with Crippen LogP contribution >= 0.6 is 0 Å². The van der Waals surface area contributed by atoms with Gasteiger partial charge in [0.2, 0.25) is 0 Å². The summed E-state index contributed by atoms with van der Waals surface area (Å²) in [6, 6.07) is 0. The molecular weight excluding hydrogens is 176 g/mol. The van der Waals surface area contributed by atoms with Crippen LogP contribution in [-0.2, 0) is 9.59 Å². The molecule has 2 atom stereocenters. The topological polar surface area (TPSA) is 34.1 Å². The molecular formula is C12H16O2. The zero-order valence-electron chi connectivity index (χ0n) is 8.75. The third kappa shape index (κ3) is 1.24. The van der Waals surface area contributed by atoms with Crippen LogP contribution in [0.5, 0.6) is 0 Å². The summed E-state index contributed by atoms with van der Waals surface area (Å²) < 4.78 is 0. The molecule has 0 N–H and O–H groups in total. The maximum absolute atomic E-state index is 11.0. The van der Waals surface area contributed by atoms with E-state index in [1.165, 1.54) is 12.0 Å². The lowest BCUT2D eigenvalue weighted by molar-refractivity contribution is -0.129. The molecule has 3 rings (SSSR count). The van der Waals surface area contributed by atoms with E-state index in [-0.39, 0.29) is 5.78 Å². The zero-order chi connectivity index (χ0) is 10.3. The summed E-state index contributed by atoms with van der Waals surface area (Å²) in [6.07, 6.45) is 5.27. The van der Waals surface area contributed by atoms with Crippen molar-refractivity contribution in [2.45, 2.75) is 33.1 Å². The van der Waals surface area contributed by atoms with E-state index in [1.54, 1.807) is 0 Å². The van der Waals surface area contributed by atoms with Crippen molar-refractivity contribution in [3.63, 3.8) is 0 Å². The number of carbonyl (C=O) groups is 2. The van der Waals surface area contributed by atoms with Crippen molar-refractivity contribution in [2.75, 3.05) is 0 Å². The number of hydrogen-bond donors (Lipinski definition) is 0. The molecule has 1 saturated carbocycles. The van der Waals surface area contributed by atoms with Gasteiger partial charge in [0.15, 0.2) is 12.1 Å². The lowest BCUT2D eigenvalue weighted by Crippen LogP contribution is -2.48. The average Bonchev–Trinajstić information content (AvgIpc) is 2.17. The Balaban J connectivity index is 2.11. The average molecular weight is 192 g/mol. The maximum Gasteiger partial charge on any atom is 0.199 e. The summed E-state index contributed by atoms with van der Waals surface area (Å²) in [5, 5.41) is 0. The summed E-state index contributed by atoms with van der Waals surface area (Å²) in [6.45, 7) is 4.54. The molecule has 0 aromatic rings. The number of rotatable bonds is 3. The molecule has 0 amide bonds. The van der Waals surface area contributed by atoms with Gasteiger partial charge in [-0.1, -0.05) is 25.5 Å². The molecule has 0 heterocycles. The van der Waals surface area contributed by atoms with Crippen molar-refractivity contribution in [2.24, 2.45) is 17.3 Å². The van der Waals surface area contributed by atoms with E-state index in [0.717, 1.165) is 12.3 Å². The standard InChI is InChI=1S/C12H16O2/c1-12(2)9-4-3-8(11(12)6-9)5-10(14)7-13/h3,7,9,11H,4-6H2,1-2H3. The van der Waals surface area contributed by atoms with E-state index >= 15 is 0 Å². The van der Waals surface area contributed by atoms with Crippen molar-refractivity contribution in [1.29, 1.82) is 0 Å². The van der Waals surface area contributed by atoms with E-state index in [9.17, 15) is 9.59 Å². The van der Waals surface area contributed by atoms with Crippen LogP contribution in [0.15, 0.2) is 11.6 Å². The molecule has 3 aliphatic rings. The number of ketones is 1. The van der Waals surface area contributed by atoms with Gasteiger partial charge in [-0.05, 0) is 30.1 Å². The smallest absolute Gasteiger partial charge is 0.199 e. The molecule has 2 unspecified atom stereocenters. The van der Waals surface area contributed by atoms with Crippen LogP contribution in [0.1, 0.15) is 33.1 Å². The van der Waals surface area contributed by atoms with Crippen LogP contribution in [-0.4, -0.2) is 12.1 Å². The number of hydrogen-bond acceptors (Lipinski definition) is 2. The summed E-state index contributed by atoms with van der Waals surface area (Å²) in [7, 11) is 0. The summed E-state index contributed by atoms with van der Waals surface area (Å²) in [4.78, 5) is 21.3. The molecule has 1 fully saturated rings. The van der Waals surface area contributed by atoms with Crippen LogP contribution in [0.25, 0.3) is 0 Å². The third-order valence-corrected chi connectivity index (χ3v) is 4.09. The van der Waals surface area contributed by atoms with Gasteiger partial charge in [-0.25, -0.2) is 0 Å². The van der Waals surface area contributed by atoms with Gasteiger partial charge in [-0.3, -0.25) is 9.59 Å². The van der Waals surface area contributed by atoms with E-state index in [0.29, 0.717) is 24.0 Å². The Morgan fingerprint density at radius 1 is 1.64 bits per heavy atom. The first-order chi connectivity index (χ1) is 6.55. The Morgan fingerprint density at radius 2 is 2.36 bits per heavy atom.